The average molecular weight is 236 g/mol. The standard InChI is InChI=1S/C14H24N2O/c1-11(2)15-8-13-6-7-16(9-13)10-14-5-4-12(3)17-14/h6-7,9,11-12,14-15H,4-5,8,10H2,1-3H3. The predicted molar refractivity (Wildman–Crippen MR) is 70.0 cm³/mol. The summed E-state index contributed by atoms with van der Waals surface area (Å²) in [6.45, 7) is 8.45. The fraction of sp³-hybridized carbons (Fsp3) is 0.714. The highest BCUT2D eigenvalue weighted by molar-refractivity contribution is 5.10. The van der Waals surface area contributed by atoms with Crippen LogP contribution in [-0.2, 0) is 17.8 Å². The first kappa shape index (κ1) is 12.7. The molecule has 2 heterocycles. The van der Waals surface area contributed by atoms with Gasteiger partial charge in [-0.3, -0.25) is 0 Å². The molecule has 2 unspecified atom stereocenters. The van der Waals surface area contributed by atoms with Crippen molar-refractivity contribution in [3.05, 3.63) is 24.0 Å². The molecule has 0 bridgehead atoms. The molecule has 0 aromatic carbocycles. The van der Waals surface area contributed by atoms with Gasteiger partial charge in [-0.25, -0.2) is 0 Å². The van der Waals surface area contributed by atoms with Gasteiger partial charge < -0.3 is 14.6 Å². The molecule has 0 aliphatic carbocycles. The molecule has 1 saturated heterocycles. The average Bonchev–Trinajstić information content (AvgIpc) is 2.86. The van der Waals surface area contributed by atoms with E-state index in [1.807, 2.05) is 0 Å². The zero-order valence-electron chi connectivity index (χ0n) is 11.1. The van der Waals surface area contributed by atoms with Gasteiger partial charge in [0.2, 0.25) is 0 Å². The smallest absolute Gasteiger partial charge is 0.0758 e. The molecular weight excluding hydrogens is 212 g/mol. The Hall–Kier alpha value is -0.800. The number of aromatic nitrogens is 1. The number of rotatable bonds is 5. The largest absolute Gasteiger partial charge is 0.373 e. The van der Waals surface area contributed by atoms with E-state index in [1.165, 1.54) is 18.4 Å². The van der Waals surface area contributed by atoms with Gasteiger partial charge in [0.15, 0.2) is 0 Å². The maximum absolute atomic E-state index is 5.84. The van der Waals surface area contributed by atoms with Crippen LogP contribution < -0.4 is 5.32 Å². The molecule has 1 N–H and O–H groups in total. The van der Waals surface area contributed by atoms with Crippen LogP contribution in [-0.4, -0.2) is 22.8 Å². The Labute approximate surface area is 104 Å². The monoisotopic (exact) mass is 236 g/mol. The highest BCUT2D eigenvalue weighted by atomic mass is 16.5. The number of nitrogens with one attached hydrogen (secondary N) is 1. The van der Waals surface area contributed by atoms with Crippen LogP contribution in [0.5, 0.6) is 0 Å². The Balaban J connectivity index is 1.81. The van der Waals surface area contributed by atoms with Crippen LogP contribution in [0.2, 0.25) is 0 Å². The van der Waals surface area contributed by atoms with Gasteiger partial charge in [-0.1, -0.05) is 13.8 Å². The summed E-state index contributed by atoms with van der Waals surface area (Å²) >= 11 is 0. The van der Waals surface area contributed by atoms with Crippen molar-refractivity contribution in [3.8, 4) is 0 Å². The first-order valence-electron chi connectivity index (χ1n) is 6.67. The first-order valence-corrected chi connectivity index (χ1v) is 6.67. The molecule has 3 nitrogen and oxygen atoms in total. The molecule has 1 fully saturated rings. The lowest BCUT2D eigenvalue weighted by Crippen LogP contribution is -2.21. The Morgan fingerprint density at radius 2 is 2.29 bits per heavy atom. The van der Waals surface area contributed by atoms with Gasteiger partial charge >= 0.3 is 0 Å². The van der Waals surface area contributed by atoms with Gasteiger partial charge in [0, 0.05) is 31.5 Å². The van der Waals surface area contributed by atoms with Gasteiger partial charge in [0.1, 0.15) is 0 Å². The minimum absolute atomic E-state index is 0.406. The van der Waals surface area contributed by atoms with Crippen molar-refractivity contribution in [3.63, 3.8) is 0 Å². The van der Waals surface area contributed by atoms with Crippen molar-refractivity contribution in [1.29, 1.82) is 0 Å². The Morgan fingerprint density at radius 1 is 1.47 bits per heavy atom. The number of ether oxygens (including phenoxy) is 1. The lowest BCUT2D eigenvalue weighted by atomic mass is 10.2. The van der Waals surface area contributed by atoms with Crippen LogP contribution in [0.15, 0.2) is 18.5 Å². The molecule has 17 heavy (non-hydrogen) atoms. The second-order valence-corrected chi connectivity index (χ2v) is 5.40. The normalized spacial score (nSPS) is 24.7. The third-order valence-electron chi connectivity index (χ3n) is 3.26. The van der Waals surface area contributed by atoms with E-state index in [0.29, 0.717) is 18.2 Å². The van der Waals surface area contributed by atoms with Crippen molar-refractivity contribution in [2.45, 2.75) is 65.0 Å². The molecule has 1 aliphatic rings. The molecule has 0 spiro atoms. The first-order chi connectivity index (χ1) is 8.13. The van der Waals surface area contributed by atoms with E-state index in [4.69, 9.17) is 4.74 Å². The van der Waals surface area contributed by atoms with Gasteiger partial charge in [-0.05, 0) is 31.4 Å². The lowest BCUT2D eigenvalue weighted by Gasteiger charge is -2.12. The summed E-state index contributed by atoms with van der Waals surface area (Å²) in [7, 11) is 0. The summed E-state index contributed by atoms with van der Waals surface area (Å²) in [5.41, 5.74) is 1.35. The predicted octanol–water partition coefficient (Wildman–Crippen LogP) is 2.55. The summed E-state index contributed by atoms with van der Waals surface area (Å²) in [5, 5.41) is 3.43. The molecule has 2 atom stereocenters. The Kier molecular flexibility index (Phi) is 4.24. The summed E-state index contributed by atoms with van der Waals surface area (Å²) in [4.78, 5) is 0. The topological polar surface area (TPSA) is 26.2 Å². The Bertz CT molecular complexity index is 346. The van der Waals surface area contributed by atoms with Crippen LogP contribution in [0, 0.1) is 0 Å². The maximum Gasteiger partial charge on any atom is 0.0758 e. The highest BCUT2D eigenvalue weighted by Crippen LogP contribution is 2.20. The van der Waals surface area contributed by atoms with Crippen LogP contribution >= 0.6 is 0 Å². The summed E-state index contributed by atoms with van der Waals surface area (Å²) in [5.74, 6) is 0. The highest BCUT2D eigenvalue weighted by Gasteiger charge is 2.21. The zero-order valence-corrected chi connectivity index (χ0v) is 11.1. The van der Waals surface area contributed by atoms with E-state index in [2.05, 4.69) is 49.1 Å². The van der Waals surface area contributed by atoms with Crippen molar-refractivity contribution < 1.29 is 4.74 Å². The molecule has 1 aliphatic heterocycles. The van der Waals surface area contributed by atoms with Crippen molar-refractivity contribution in [2.24, 2.45) is 0 Å². The second kappa shape index (κ2) is 5.69. The third kappa shape index (κ3) is 3.86. The molecular formula is C14H24N2O. The fourth-order valence-electron chi connectivity index (χ4n) is 2.29. The van der Waals surface area contributed by atoms with Crippen LogP contribution in [0.1, 0.15) is 39.2 Å². The second-order valence-electron chi connectivity index (χ2n) is 5.40. The van der Waals surface area contributed by atoms with Crippen LogP contribution in [0.4, 0.5) is 0 Å². The molecule has 96 valence electrons. The molecule has 0 saturated carbocycles. The number of nitrogens with zero attached hydrogens (tertiary/aromatic N) is 1. The number of hydrogen-bond acceptors (Lipinski definition) is 2. The van der Waals surface area contributed by atoms with Crippen molar-refractivity contribution in [2.75, 3.05) is 0 Å². The molecule has 1 aromatic rings. The van der Waals surface area contributed by atoms with Crippen LogP contribution in [0.25, 0.3) is 0 Å². The van der Waals surface area contributed by atoms with Gasteiger partial charge in [-0.2, -0.15) is 0 Å². The quantitative estimate of drug-likeness (QED) is 0.850. The van der Waals surface area contributed by atoms with E-state index in [-0.39, 0.29) is 0 Å². The van der Waals surface area contributed by atoms with E-state index < -0.39 is 0 Å². The zero-order chi connectivity index (χ0) is 12.3. The minimum Gasteiger partial charge on any atom is -0.373 e. The van der Waals surface area contributed by atoms with Crippen molar-refractivity contribution in [1.82, 2.24) is 9.88 Å². The maximum atomic E-state index is 5.84. The summed E-state index contributed by atoms with van der Waals surface area (Å²) in [6, 6.07) is 2.73. The summed E-state index contributed by atoms with van der Waals surface area (Å²) < 4.78 is 8.09. The van der Waals surface area contributed by atoms with Gasteiger partial charge in [-0.15, -0.1) is 0 Å². The van der Waals surface area contributed by atoms with E-state index in [9.17, 15) is 0 Å². The summed E-state index contributed by atoms with van der Waals surface area (Å²) in [6.07, 6.45) is 7.62. The molecule has 0 radical (unpaired) electrons. The Morgan fingerprint density at radius 3 is 2.94 bits per heavy atom. The van der Waals surface area contributed by atoms with E-state index in [1.54, 1.807) is 0 Å². The number of hydrogen-bond donors (Lipinski definition) is 1. The van der Waals surface area contributed by atoms with Crippen LogP contribution in [0.3, 0.4) is 0 Å². The molecule has 1 aromatic heterocycles. The third-order valence-corrected chi connectivity index (χ3v) is 3.26. The SMILES string of the molecule is CC(C)NCc1ccn(CC2CCC(C)O2)c1. The van der Waals surface area contributed by atoms with Gasteiger partial charge in [0.05, 0.1) is 12.2 Å². The fourth-order valence-corrected chi connectivity index (χ4v) is 2.29. The van der Waals surface area contributed by atoms with E-state index in [0.717, 1.165) is 13.1 Å². The minimum atomic E-state index is 0.406. The van der Waals surface area contributed by atoms with E-state index >= 15 is 0 Å². The lowest BCUT2D eigenvalue weighted by molar-refractivity contribution is 0.0458. The van der Waals surface area contributed by atoms with Crippen molar-refractivity contribution >= 4 is 0 Å². The molecule has 2 rings (SSSR count). The van der Waals surface area contributed by atoms with Gasteiger partial charge in [0.25, 0.3) is 0 Å². The molecule has 3 heteroatoms. The molecule has 0 amide bonds.